The van der Waals surface area contributed by atoms with Crippen LogP contribution in [0.25, 0.3) is 0 Å². The smallest absolute Gasteiger partial charge is 0.323 e. The summed E-state index contributed by atoms with van der Waals surface area (Å²) in [6.45, 7) is 0. The van der Waals surface area contributed by atoms with Gasteiger partial charge in [0.1, 0.15) is 0 Å². The second-order valence-corrected chi connectivity index (χ2v) is 4.56. The zero-order valence-electron chi connectivity index (χ0n) is 10.4. The molecule has 0 radical (unpaired) electrons. The van der Waals surface area contributed by atoms with Crippen molar-refractivity contribution in [2.75, 3.05) is 5.32 Å². The molecule has 2 amide bonds. The van der Waals surface area contributed by atoms with E-state index in [9.17, 15) is 9.59 Å². The van der Waals surface area contributed by atoms with Crippen LogP contribution in [-0.4, -0.2) is 17.1 Å². The van der Waals surface area contributed by atoms with Crippen molar-refractivity contribution in [3.05, 3.63) is 42.1 Å². The molecule has 2 rings (SSSR count). The first kappa shape index (κ1) is 13.1. The van der Waals surface area contributed by atoms with Gasteiger partial charge in [0, 0.05) is 11.9 Å². The summed E-state index contributed by atoms with van der Waals surface area (Å²) >= 11 is 0. The first-order valence-corrected chi connectivity index (χ1v) is 6.18. The molecule has 1 aromatic rings. The van der Waals surface area contributed by atoms with Gasteiger partial charge < -0.3 is 15.7 Å². The molecule has 0 heterocycles. The minimum Gasteiger partial charge on any atom is -0.481 e. The van der Waals surface area contributed by atoms with E-state index in [4.69, 9.17) is 5.11 Å². The van der Waals surface area contributed by atoms with Crippen LogP contribution < -0.4 is 10.6 Å². The molecule has 100 valence electrons. The Labute approximate surface area is 111 Å². The molecule has 0 unspecified atom stereocenters. The SMILES string of the molecule is O=C(O)Cc1ccc(NC(=O)N/C=C/C2CC2)cc1. The first-order chi connectivity index (χ1) is 9.13. The second kappa shape index (κ2) is 6.04. The van der Waals surface area contributed by atoms with Crippen molar-refractivity contribution in [1.29, 1.82) is 0 Å². The van der Waals surface area contributed by atoms with Gasteiger partial charge >= 0.3 is 12.0 Å². The fourth-order valence-electron chi connectivity index (χ4n) is 1.60. The topological polar surface area (TPSA) is 78.4 Å². The predicted molar refractivity (Wildman–Crippen MR) is 71.8 cm³/mol. The van der Waals surface area contributed by atoms with Crippen LogP contribution in [0.3, 0.4) is 0 Å². The molecule has 0 aliphatic heterocycles. The Morgan fingerprint density at radius 3 is 2.53 bits per heavy atom. The van der Waals surface area contributed by atoms with E-state index < -0.39 is 5.97 Å². The van der Waals surface area contributed by atoms with Crippen molar-refractivity contribution in [2.24, 2.45) is 5.92 Å². The summed E-state index contributed by atoms with van der Waals surface area (Å²) in [4.78, 5) is 22.0. The first-order valence-electron chi connectivity index (χ1n) is 6.18. The third-order valence-corrected chi connectivity index (χ3v) is 2.77. The highest BCUT2D eigenvalue weighted by atomic mass is 16.4. The van der Waals surface area contributed by atoms with E-state index in [0.717, 1.165) is 0 Å². The van der Waals surface area contributed by atoms with Gasteiger partial charge in [-0.05, 0) is 36.5 Å². The normalized spacial score (nSPS) is 14.3. The molecule has 0 spiro atoms. The maximum atomic E-state index is 11.5. The number of hydrogen-bond donors (Lipinski definition) is 3. The van der Waals surface area contributed by atoms with Crippen molar-refractivity contribution < 1.29 is 14.7 Å². The van der Waals surface area contributed by atoms with Crippen molar-refractivity contribution >= 4 is 17.7 Å². The molecule has 0 aromatic heterocycles. The molecule has 1 aliphatic rings. The van der Waals surface area contributed by atoms with Crippen LogP contribution in [0.2, 0.25) is 0 Å². The zero-order chi connectivity index (χ0) is 13.7. The number of anilines is 1. The van der Waals surface area contributed by atoms with Gasteiger partial charge in [-0.25, -0.2) is 4.79 Å². The summed E-state index contributed by atoms with van der Waals surface area (Å²) in [5.74, 6) is -0.251. The van der Waals surface area contributed by atoms with Gasteiger partial charge in [-0.2, -0.15) is 0 Å². The average Bonchev–Trinajstić information content (AvgIpc) is 3.15. The summed E-state index contributed by atoms with van der Waals surface area (Å²) in [5, 5.41) is 13.9. The van der Waals surface area contributed by atoms with E-state index in [1.807, 2.05) is 6.08 Å². The molecule has 0 bridgehead atoms. The minimum absolute atomic E-state index is 0.0173. The van der Waals surface area contributed by atoms with Gasteiger partial charge in [-0.1, -0.05) is 18.2 Å². The van der Waals surface area contributed by atoms with E-state index >= 15 is 0 Å². The number of allylic oxidation sites excluding steroid dienone is 1. The predicted octanol–water partition coefficient (Wildman–Crippen LogP) is 2.36. The molecule has 19 heavy (non-hydrogen) atoms. The number of hydrogen-bond acceptors (Lipinski definition) is 2. The Balaban J connectivity index is 1.80. The lowest BCUT2D eigenvalue weighted by molar-refractivity contribution is -0.136. The highest BCUT2D eigenvalue weighted by Crippen LogP contribution is 2.29. The molecule has 1 saturated carbocycles. The van der Waals surface area contributed by atoms with Crippen LogP contribution in [0.4, 0.5) is 10.5 Å². The van der Waals surface area contributed by atoms with Crippen molar-refractivity contribution in [3.8, 4) is 0 Å². The molecule has 0 atom stereocenters. The number of carboxylic acids is 1. The number of carbonyl (C=O) groups is 2. The van der Waals surface area contributed by atoms with Crippen LogP contribution in [0.5, 0.6) is 0 Å². The lowest BCUT2D eigenvalue weighted by Crippen LogP contribution is -2.23. The summed E-state index contributed by atoms with van der Waals surface area (Å²) in [6.07, 6.45) is 6.02. The maximum absolute atomic E-state index is 11.5. The summed E-state index contributed by atoms with van der Waals surface area (Å²) in [5.41, 5.74) is 1.33. The molecule has 1 fully saturated rings. The van der Waals surface area contributed by atoms with E-state index in [0.29, 0.717) is 17.2 Å². The van der Waals surface area contributed by atoms with Crippen molar-refractivity contribution in [2.45, 2.75) is 19.3 Å². The number of urea groups is 1. The van der Waals surface area contributed by atoms with Gasteiger partial charge in [0.05, 0.1) is 6.42 Å². The monoisotopic (exact) mass is 260 g/mol. The Kier molecular flexibility index (Phi) is 4.18. The third-order valence-electron chi connectivity index (χ3n) is 2.77. The average molecular weight is 260 g/mol. The molecule has 0 saturated heterocycles. The largest absolute Gasteiger partial charge is 0.481 e. The summed E-state index contributed by atoms with van der Waals surface area (Å²) in [7, 11) is 0. The molecule has 5 nitrogen and oxygen atoms in total. The lowest BCUT2D eigenvalue weighted by atomic mass is 10.1. The van der Waals surface area contributed by atoms with E-state index in [-0.39, 0.29) is 12.5 Å². The van der Waals surface area contributed by atoms with E-state index in [2.05, 4.69) is 10.6 Å². The number of nitrogens with one attached hydrogen (secondary N) is 2. The third kappa shape index (κ3) is 4.83. The van der Waals surface area contributed by atoms with Gasteiger partial charge in [0.25, 0.3) is 0 Å². The lowest BCUT2D eigenvalue weighted by Gasteiger charge is -2.05. The Morgan fingerprint density at radius 1 is 1.26 bits per heavy atom. The van der Waals surface area contributed by atoms with Gasteiger partial charge in [0.2, 0.25) is 0 Å². The van der Waals surface area contributed by atoms with Crippen LogP contribution in [0.15, 0.2) is 36.5 Å². The number of carboxylic acid groups (broad SMARTS) is 1. The number of rotatable bonds is 5. The molecule has 1 aliphatic carbocycles. The maximum Gasteiger partial charge on any atom is 0.323 e. The fraction of sp³-hybridized carbons (Fsp3) is 0.286. The minimum atomic E-state index is -0.872. The number of amides is 2. The van der Waals surface area contributed by atoms with Gasteiger partial charge in [-0.15, -0.1) is 0 Å². The molecule has 3 N–H and O–H groups in total. The Bertz CT molecular complexity index is 490. The van der Waals surface area contributed by atoms with Crippen molar-refractivity contribution in [3.63, 3.8) is 0 Å². The van der Waals surface area contributed by atoms with Crippen molar-refractivity contribution in [1.82, 2.24) is 5.32 Å². The number of carbonyl (C=O) groups excluding carboxylic acids is 1. The standard InChI is InChI=1S/C14H16N2O3/c17-13(18)9-11-3-5-12(6-4-11)16-14(19)15-8-7-10-1-2-10/h3-8,10H,1-2,9H2,(H,17,18)(H2,15,16,19)/b8-7+. The van der Waals surface area contributed by atoms with Crippen LogP contribution in [0, 0.1) is 5.92 Å². The molecule has 1 aromatic carbocycles. The number of benzene rings is 1. The Hall–Kier alpha value is -2.30. The van der Waals surface area contributed by atoms with Crippen LogP contribution in [-0.2, 0) is 11.2 Å². The molecular formula is C14H16N2O3. The second-order valence-electron chi connectivity index (χ2n) is 4.56. The number of aliphatic carboxylic acids is 1. The Morgan fingerprint density at radius 2 is 1.95 bits per heavy atom. The highest BCUT2D eigenvalue weighted by molar-refractivity contribution is 5.89. The zero-order valence-corrected chi connectivity index (χ0v) is 10.4. The summed E-state index contributed by atoms with van der Waals surface area (Å²) < 4.78 is 0. The van der Waals surface area contributed by atoms with E-state index in [1.165, 1.54) is 12.8 Å². The summed E-state index contributed by atoms with van der Waals surface area (Å²) in [6, 6.07) is 6.43. The molecule has 5 heteroatoms. The van der Waals surface area contributed by atoms with Crippen LogP contribution in [0.1, 0.15) is 18.4 Å². The van der Waals surface area contributed by atoms with Gasteiger partial charge in [-0.3, -0.25) is 4.79 Å². The fourth-order valence-corrected chi connectivity index (χ4v) is 1.60. The van der Waals surface area contributed by atoms with Crippen LogP contribution >= 0.6 is 0 Å². The van der Waals surface area contributed by atoms with E-state index in [1.54, 1.807) is 30.5 Å². The molecular weight excluding hydrogens is 244 g/mol. The highest BCUT2D eigenvalue weighted by Gasteiger charge is 2.17. The quantitative estimate of drug-likeness (QED) is 0.760. The van der Waals surface area contributed by atoms with Gasteiger partial charge in [0.15, 0.2) is 0 Å².